The first-order chi connectivity index (χ1) is 6.05. The Hall–Kier alpha value is -0.390. The van der Waals surface area contributed by atoms with E-state index < -0.39 is 5.00 Å². The van der Waals surface area contributed by atoms with Gasteiger partial charge in [0, 0.05) is 11.5 Å². The molecule has 70 valence electrons. The number of aliphatic imine (C=N–C) groups is 1. The van der Waals surface area contributed by atoms with E-state index in [1.54, 1.807) is 24.9 Å². The van der Waals surface area contributed by atoms with Gasteiger partial charge in [-0.1, -0.05) is 23.4 Å². The highest BCUT2D eigenvalue weighted by atomic mass is 35.5. The Morgan fingerprint density at radius 3 is 3.00 bits per heavy atom. The molecule has 0 bridgehead atoms. The lowest BCUT2D eigenvalue weighted by molar-refractivity contribution is 0.870. The first-order valence-corrected chi connectivity index (χ1v) is 5.71. The third-order valence-corrected chi connectivity index (χ3v) is 2.99. The first kappa shape index (κ1) is 10.7. The molecule has 0 saturated heterocycles. The lowest BCUT2D eigenvalue weighted by Crippen LogP contribution is -2.09. The minimum atomic E-state index is -0.754. The molecule has 1 nitrogen and oxygen atoms in total. The van der Waals surface area contributed by atoms with Crippen molar-refractivity contribution in [1.82, 2.24) is 0 Å². The summed E-state index contributed by atoms with van der Waals surface area (Å²) < 4.78 is 0. The number of rotatable bonds is 2. The number of hydrogen-bond donors (Lipinski definition) is 0. The van der Waals surface area contributed by atoms with Gasteiger partial charge in [0.25, 0.3) is 0 Å². The third-order valence-electron chi connectivity index (χ3n) is 1.82. The van der Waals surface area contributed by atoms with E-state index in [-0.39, 0.29) is 0 Å². The summed E-state index contributed by atoms with van der Waals surface area (Å²) in [4.78, 5) is 3.44. The molecular formula is C10H12ClNS. The van der Waals surface area contributed by atoms with E-state index in [4.69, 9.17) is 11.6 Å². The van der Waals surface area contributed by atoms with E-state index in [0.717, 1.165) is 5.57 Å². The summed E-state index contributed by atoms with van der Waals surface area (Å²) in [5, 5.41) is 0.420. The Kier molecular flexibility index (Phi) is 3.47. The Bertz CT molecular complexity index is 307. The van der Waals surface area contributed by atoms with E-state index >= 15 is 0 Å². The lowest BCUT2D eigenvalue weighted by atomic mass is 10.2. The second-order valence-electron chi connectivity index (χ2n) is 3.00. The topological polar surface area (TPSA) is 12.4 Å². The van der Waals surface area contributed by atoms with E-state index in [1.807, 2.05) is 6.08 Å². The Morgan fingerprint density at radius 1 is 1.69 bits per heavy atom. The van der Waals surface area contributed by atoms with Gasteiger partial charge in [-0.3, -0.25) is 4.99 Å². The molecule has 0 fully saturated rings. The summed E-state index contributed by atoms with van der Waals surface area (Å²) >= 11 is 7.75. The molecule has 0 N–H and O–H groups in total. The molecule has 1 aliphatic rings. The zero-order chi connectivity index (χ0) is 9.90. The number of allylic oxidation sites excluding steroid dienone is 1. The summed E-state index contributed by atoms with van der Waals surface area (Å²) in [6.07, 6.45) is 5.76. The van der Waals surface area contributed by atoms with Crippen LogP contribution in [0.15, 0.2) is 16.6 Å². The van der Waals surface area contributed by atoms with Gasteiger partial charge in [0.05, 0.1) is 0 Å². The molecule has 1 aliphatic heterocycles. The van der Waals surface area contributed by atoms with Crippen LogP contribution in [-0.2, 0) is 0 Å². The normalized spacial score (nSPS) is 28.5. The monoisotopic (exact) mass is 213 g/mol. The fraction of sp³-hybridized carbons (Fsp3) is 0.500. The van der Waals surface area contributed by atoms with Crippen molar-refractivity contribution in [2.45, 2.75) is 24.1 Å². The number of nitrogens with zero attached hydrogens (tertiary/aromatic N) is 1. The van der Waals surface area contributed by atoms with Crippen LogP contribution < -0.4 is 0 Å². The molecular weight excluding hydrogens is 202 g/mol. The van der Waals surface area contributed by atoms with Crippen molar-refractivity contribution >= 4 is 29.6 Å². The molecule has 0 aromatic carbocycles. The Labute approximate surface area is 88.6 Å². The highest BCUT2D eigenvalue weighted by molar-refractivity contribution is 7.99. The highest BCUT2D eigenvalue weighted by Crippen LogP contribution is 2.20. The molecule has 0 radical (unpaired) electrons. The highest BCUT2D eigenvalue weighted by Gasteiger charge is 2.16. The van der Waals surface area contributed by atoms with Crippen LogP contribution in [0.3, 0.4) is 0 Å². The Morgan fingerprint density at radius 2 is 2.38 bits per heavy atom. The van der Waals surface area contributed by atoms with Crippen molar-refractivity contribution in [3.8, 4) is 11.8 Å². The molecule has 0 amide bonds. The molecule has 0 saturated carbocycles. The number of halogens is 1. The summed E-state index contributed by atoms with van der Waals surface area (Å²) in [5.41, 5.74) is 1.13. The largest absolute Gasteiger partial charge is 0.258 e. The molecule has 2 unspecified atom stereocenters. The molecule has 2 atom stereocenters. The van der Waals surface area contributed by atoms with Gasteiger partial charge in [0.1, 0.15) is 0 Å². The van der Waals surface area contributed by atoms with Gasteiger partial charge in [-0.05, 0) is 31.8 Å². The summed E-state index contributed by atoms with van der Waals surface area (Å²) in [6, 6.07) is 0. The molecule has 0 aromatic rings. The standard InChI is InChI=1S/C10H12ClNS/c1-8(13-3)9-5-4-6-10(2,11)12-7-9/h5,7-8H,1-3H3. The fourth-order valence-corrected chi connectivity index (χ4v) is 1.38. The van der Waals surface area contributed by atoms with E-state index in [2.05, 4.69) is 30.0 Å². The number of hydrogen-bond acceptors (Lipinski definition) is 2. The van der Waals surface area contributed by atoms with Crippen LogP contribution in [0.25, 0.3) is 0 Å². The molecule has 13 heavy (non-hydrogen) atoms. The average molecular weight is 214 g/mol. The van der Waals surface area contributed by atoms with Crippen molar-refractivity contribution in [2.24, 2.45) is 4.99 Å². The van der Waals surface area contributed by atoms with Crippen LogP contribution in [0.4, 0.5) is 0 Å². The van der Waals surface area contributed by atoms with E-state index in [0.29, 0.717) is 5.25 Å². The molecule has 1 rings (SSSR count). The van der Waals surface area contributed by atoms with Crippen LogP contribution in [-0.4, -0.2) is 22.7 Å². The molecule has 0 aliphatic carbocycles. The third kappa shape index (κ3) is 3.10. The van der Waals surface area contributed by atoms with Crippen LogP contribution in [0.5, 0.6) is 0 Å². The van der Waals surface area contributed by atoms with Gasteiger partial charge in [0.2, 0.25) is 0 Å². The maximum absolute atomic E-state index is 5.98. The SMILES string of the molecule is CSC(C)C1=CC#CC(C)(Cl)N=C1. The summed E-state index contributed by atoms with van der Waals surface area (Å²) in [6.45, 7) is 3.92. The molecule has 0 aromatic heterocycles. The van der Waals surface area contributed by atoms with E-state index in [9.17, 15) is 0 Å². The summed E-state index contributed by atoms with van der Waals surface area (Å²) in [7, 11) is 0. The minimum Gasteiger partial charge on any atom is -0.258 e. The maximum atomic E-state index is 5.98. The number of thioether (sulfide) groups is 1. The van der Waals surface area contributed by atoms with Gasteiger partial charge in [0.15, 0.2) is 5.00 Å². The smallest absolute Gasteiger partial charge is 0.191 e. The Balaban J connectivity index is 2.86. The average Bonchev–Trinajstić information content (AvgIpc) is 2.25. The predicted molar refractivity (Wildman–Crippen MR) is 61.6 cm³/mol. The van der Waals surface area contributed by atoms with Crippen LogP contribution >= 0.6 is 23.4 Å². The van der Waals surface area contributed by atoms with Crippen LogP contribution in [0.1, 0.15) is 13.8 Å². The molecule has 0 spiro atoms. The van der Waals surface area contributed by atoms with Gasteiger partial charge in [-0.2, -0.15) is 11.8 Å². The van der Waals surface area contributed by atoms with Crippen molar-refractivity contribution in [3.63, 3.8) is 0 Å². The van der Waals surface area contributed by atoms with Crippen LogP contribution in [0, 0.1) is 11.8 Å². The van der Waals surface area contributed by atoms with Crippen molar-refractivity contribution in [2.75, 3.05) is 6.26 Å². The zero-order valence-corrected chi connectivity index (χ0v) is 9.54. The molecule has 1 heterocycles. The van der Waals surface area contributed by atoms with Gasteiger partial charge < -0.3 is 0 Å². The second kappa shape index (κ2) is 4.21. The first-order valence-electron chi connectivity index (χ1n) is 4.05. The second-order valence-corrected chi connectivity index (χ2v) is 4.92. The van der Waals surface area contributed by atoms with Gasteiger partial charge in [-0.15, -0.1) is 0 Å². The predicted octanol–water partition coefficient (Wildman–Crippen LogP) is 2.71. The zero-order valence-electron chi connectivity index (χ0n) is 7.97. The molecule has 3 heteroatoms. The van der Waals surface area contributed by atoms with Crippen molar-refractivity contribution in [3.05, 3.63) is 11.6 Å². The maximum Gasteiger partial charge on any atom is 0.191 e. The quantitative estimate of drug-likeness (QED) is 0.390. The van der Waals surface area contributed by atoms with Crippen molar-refractivity contribution < 1.29 is 0 Å². The van der Waals surface area contributed by atoms with Crippen molar-refractivity contribution in [1.29, 1.82) is 0 Å². The van der Waals surface area contributed by atoms with Gasteiger partial charge in [-0.25, -0.2) is 0 Å². The minimum absolute atomic E-state index is 0.420. The van der Waals surface area contributed by atoms with Crippen LogP contribution in [0.2, 0.25) is 0 Å². The van der Waals surface area contributed by atoms with Gasteiger partial charge >= 0.3 is 0 Å². The van der Waals surface area contributed by atoms with E-state index in [1.165, 1.54) is 0 Å². The summed E-state index contributed by atoms with van der Waals surface area (Å²) in [5.74, 6) is 5.78. The lowest BCUT2D eigenvalue weighted by Gasteiger charge is -2.09. The fourth-order valence-electron chi connectivity index (χ4n) is 0.875. The number of alkyl halides is 1.